The van der Waals surface area contributed by atoms with Crippen LogP contribution in [0.2, 0.25) is 0 Å². The minimum Gasteiger partial charge on any atom is -0.315 e. The molecule has 1 amide bonds. The Morgan fingerprint density at radius 3 is 2.44 bits per heavy atom. The van der Waals surface area contributed by atoms with Crippen LogP contribution in [0.4, 0.5) is 9.18 Å². The van der Waals surface area contributed by atoms with Crippen molar-refractivity contribution in [2.24, 2.45) is 0 Å². The van der Waals surface area contributed by atoms with Gasteiger partial charge in [0.2, 0.25) is 0 Å². The highest BCUT2D eigenvalue weighted by Crippen LogP contribution is 2.20. The zero-order valence-electron chi connectivity index (χ0n) is 14.2. The Hall–Kier alpha value is -3.03. The number of amides is 1. The first-order chi connectivity index (χ1) is 11.9. The molecule has 25 heavy (non-hydrogen) atoms. The average Bonchev–Trinajstić information content (AvgIpc) is 2.95. The molecular formula is C17H20FN5O2. The number of rotatable bonds is 6. The molecule has 0 saturated heterocycles. The summed E-state index contributed by atoms with van der Waals surface area (Å²) in [7, 11) is 0. The van der Waals surface area contributed by atoms with Crippen molar-refractivity contribution < 1.29 is 9.18 Å². The third-order valence-electron chi connectivity index (χ3n) is 3.58. The number of nitrogens with zero attached hydrogens (tertiary/aromatic N) is 5. The molecule has 1 aromatic carbocycles. The molecule has 2 aromatic rings. The molecule has 7 nitrogen and oxygen atoms in total. The number of aromatic nitrogens is 4. The van der Waals surface area contributed by atoms with Crippen LogP contribution in [0.5, 0.6) is 0 Å². The number of hydrogen-bond donors (Lipinski definition) is 0. The molecule has 1 heterocycles. The first-order valence-corrected chi connectivity index (χ1v) is 7.76. The van der Waals surface area contributed by atoms with Crippen LogP contribution in [-0.2, 0) is 0 Å². The summed E-state index contributed by atoms with van der Waals surface area (Å²) in [5.74, 6) is -0.436. The van der Waals surface area contributed by atoms with Gasteiger partial charge in [-0.2, -0.15) is 4.68 Å². The second-order valence-electron chi connectivity index (χ2n) is 5.71. The van der Waals surface area contributed by atoms with Crippen LogP contribution < -0.4 is 5.69 Å². The summed E-state index contributed by atoms with van der Waals surface area (Å²) in [6.45, 7) is 11.3. The summed E-state index contributed by atoms with van der Waals surface area (Å²) in [6, 6.07) is 3.69. The highest BCUT2D eigenvalue weighted by atomic mass is 19.1. The Bertz CT molecular complexity index is 843. The fourth-order valence-corrected chi connectivity index (χ4v) is 2.32. The van der Waals surface area contributed by atoms with Gasteiger partial charge in [0.25, 0.3) is 0 Å². The predicted octanol–water partition coefficient (Wildman–Crippen LogP) is 2.33. The van der Waals surface area contributed by atoms with Gasteiger partial charge in [0, 0.05) is 19.2 Å². The van der Waals surface area contributed by atoms with Crippen LogP contribution in [0.3, 0.4) is 0 Å². The van der Waals surface area contributed by atoms with Crippen LogP contribution in [0.15, 0.2) is 48.3 Å². The number of hydrogen-bond acceptors (Lipinski definition) is 4. The van der Waals surface area contributed by atoms with Crippen molar-refractivity contribution in [3.8, 4) is 5.69 Å². The molecule has 1 aromatic heterocycles. The van der Waals surface area contributed by atoms with Crippen molar-refractivity contribution in [2.45, 2.75) is 19.8 Å². The van der Waals surface area contributed by atoms with Crippen LogP contribution in [0.1, 0.15) is 25.3 Å². The molecule has 0 saturated carbocycles. The molecule has 0 spiro atoms. The van der Waals surface area contributed by atoms with Crippen LogP contribution >= 0.6 is 0 Å². The summed E-state index contributed by atoms with van der Waals surface area (Å²) >= 11 is 0. The third-order valence-corrected chi connectivity index (χ3v) is 3.58. The van der Waals surface area contributed by atoms with E-state index in [-0.39, 0.29) is 24.7 Å². The SMILES string of the molecule is C=CCN(CC=C)C(=O)n1nnn(-c2ccc(C(C)C)c(F)c2)c1=O. The molecule has 2 rings (SSSR count). The van der Waals surface area contributed by atoms with E-state index < -0.39 is 17.5 Å². The molecule has 0 aliphatic rings. The molecule has 0 aliphatic carbocycles. The lowest BCUT2D eigenvalue weighted by atomic mass is 10.0. The Balaban J connectivity index is 2.40. The van der Waals surface area contributed by atoms with Crippen molar-refractivity contribution >= 4 is 6.03 Å². The van der Waals surface area contributed by atoms with Crippen molar-refractivity contribution in [3.05, 3.63) is 65.4 Å². The zero-order chi connectivity index (χ0) is 18.6. The number of carbonyl (C=O) groups is 1. The van der Waals surface area contributed by atoms with Crippen LogP contribution in [0.25, 0.3) is 5.69 Å². The Morgan fingerprint density at radius 2 is 1.92 bits per heavy atom. The summed E-state index contributed by atoms with van der Waals surface area (Å²) in [6.07, 6.45) is 3.05. The molecular weight excluding hydrogens is 325 g/mol. The molecule has 0 aliphatic heterocycles. The van der Waals surface area contributed by atoms with E-state index in [0.717, 1.165) is 4.68 Å². The fourth-order valence-electron chi connectivity index (χ4n) is 2.32. The third kappa shape index (κ3) is 3.73. The second kappa shape index (κ2) is 7.69. The molecule has 0 bridgehead atoms. The highest BCUT2D eigenvalue weighted by molar-refractivity contribution is 5.75. The molecule has 0 fully saturated rings. The van der Waals surface area contributed by atoms with Gasteiger partial charge in [0.05, 0.1) is 5.69 Å². The van der Waals surface area contributed by atoms with E-state index in [9.17, 15) is 14.0 Å². The number of tetrazole rings is 1. The van der Waals surface area contributed by atoms with Gasteiger partial charge in [0.15, 0.2) is 0 Å². The fraction of sp³-hybridized carbons (Fsp3) is 0.294. The molecule has 0 atom stereocenters. The molecule has 0 unspecified atom stereocenters. The van der Waals surface area contributed by atoms with E-state index in [1.165, 1.54) is 23.1 Å². The Morgan fingerprint density at radius 1 is 1.28 bits per heavy atom. The zero-order valence-corrected chi connectivity index (χ0v) is 14.2. The summed E-state index contributed by atoms with van der Waals surface area (Å²) in [4.78, 5) is 26.2. The smallest absolute Gasteiger partial charge is 0.315 e. The van der Waals surface area contributed by atoms with Crippen LogP contribution in [-0.4, -0.2) is 43.8 Å². The quantitative estimate of drug-likeness (QED) is 0.595. The maximum absolute atomic E-state index is 14.1. The standard InChI is InChI=1S/C17H20FN5O2/c1-5-9-21(10-6-2)16(24)23-17(25)22(19-20-23)13-7-8-14(12(3)4)15(18)11-13/h5-8,11-12H,1-2,9-10H2,3-4H3. The number of halogens is 1. The summed E-state index contributed by atoms with van der Waals surface area (Å²) < 4.78 is 15.7. The largest absolute Gasteiger partial charge is 0.377 e. The first-order valence-electron chi connectivity index (χ1n) is 7.76. The Labute approximate surface area is 144 Å². The Kier molecular flexibility index (Phi) is 5.63. The predicted molar refractivity (Wildman–Crippen MR) is 92.4 cm³/mol. The van der Waals surface area contributed by atoms with Gasteiger partial charge in [-0.1, -0.05) is 32.1 Å². The van der Waals surface area contributed by atoms with Gasteiger partial charge < -0.3 is 4.90 Å². The lowest BCUT2D eigenvalue weighted by Gasteiger charge is -2.17. The molecule has 0 N–H and O–H groups in total. The minimum atomic E-state index is -0.778. The molecule has 8 heteroatoms. The number of benzene rings is 1. The van der Waals surface area contributed by atoms with E-state index in [4.69, 9.17) is 0 Å². The van der Waals surface area contributed by atoms with Gasteiger partial charge >= 0.3 is 11.7 Å². The van der Waals surface area contributed by atoms with Gasteiger partial charge in [-0.25, -0.2) is 14.0 Å². The van der Waals surface area contributed by atoms with Crippen molar-refractivity contribution in [1.29, 1.82) is 0 Å². The summed E-state index contributed by atoms with van der Waals surface area (Å²) in [5, 5.41) is 7.28. The van der Waals surface area contributed by atoms with Gasteiger partial charge in [-0.05, 0) is 28.0 Å². The van der Waals surface area contributed by atoms with Crippen LogP contribution in [0, 0.1) is 5.82 Å². The first kappa shape index (κ1) is 18.3. The monoisotopic (exact) mass is 345 g/mol. The minimum absolute atomic E-state index is 0.00870. The van der Waals surface area contributed by atoms with E-state index in [2.05, 4.69) is 23.6 Å². The van der Waals surface area contributed by atoms with Crippen molar-refractivity contribution in [3.63, 3.8) is 0 Å². The maximum atomic E-state index is 14.1. The lowest BCUT2D eigenvalue weighted by molar-refractivity contribution is 0.205. The normalized spacial score (nSPS) is 10.7. The van der Waals surface area contributed by atoms with Gasteiger partial charge in [0.1, 0.15) is 5.82 Å². The van der Waals surface area contributed by atoms with E-state index in [0.29, 0.717) is 10.2 Å². The molecule has 132 valence electrons. The molecule has 0 radical (unpaired) electrons. The second-order valence-corrected chi connectivity index (χ2v) is 5.71. The van der Waals surface area contributed by atoms with E-state index in [1.54, 1.807) is 12.1 Å². The maximum Gasteiger partial charge on any atom is 0.377 e. The number of carbonyl (C=O) groups excluding carboxylic acids is 1. The summed E-state index contributed by atoms with van der Waals surface area (Å²) in [5.41, 5.74) is -0.0480. The van der Waals surface area contributed by atoms with E-state index >= 15 is 0 Å². The lowest BCUT2D eigenvalue weighted by Crippen LogP contribution is -2.41. The van der Waals surface area contributed by atoms with Crippen molar-refractivity contribution in [2.75, 3.05) is 13.1 Å². The topological polar surface area (TPSA) is 73.0 Å². The van der Waals surface area contributed by atoms with Gasteiger partial charge in [-0.3, -0.25) is 0 Å². The van der Waals surface area contributed by atoms with Gasteiger partial charge in [-0.15, -0.1) is 17.8 Å². The highest BCUT2D eigenvalue weighted by Gasteiger charge is 2.20. The average molecular weight is 345 g/mol. The van der Waals surface area contributed by atoms with E-state index in [1.807, 2.05) is 13.8 Å². The van der Waals surface area contributed by atoms with Crippen molar-refractivity contribution in [1.82, 2.24) is 24.7 Å².